The van der Waals surface area contributed by atoms with Gasteiger partial charge in [-0.25, -0.2) is 0 Å². The Morgan fingerprint density at radius 1 is 1.07 bits per heavy atom. The molecule has 0 aliphatic carbocycles. The minimum atomic E-state index is -0.779. The summed E-state index contributed by atoms with van der Waals surface area (Å²) in [4.78, 5) is 48.4. The Hall–Kier alpha value is -3.39. The van der Waals surface area contributed by atoms with E-state index in [1.54, 1.807) is 42.5 Å². The number of esters is 1. The summed E-state index contributed by atoms with van der Waals surface area (Å²) in [5.74, 6) is -2.94. The Bertz CT molecular complexity index is 935. The molecule has 1 heterocycles. The molecule has 0 bridgehead atoms. The Labute approximate surface area is 171 Å². The number of hydrogen-bond acceptors (Lipinski definition) is 5. The Kier molecular flexibility index (Phi) is 6.46. The lowest BCUT2D eigenvalue weighted by atomic mass is 10.1. The number of ether oxygens (including phenoxy) is 1. The lowest BCUT2D eigenvalue weighted by Crippen LogP contribution is -2.43. The molecular weight excluding hydrogens is 398 g/mol. The van der Waals surface area contributed by atoms with E-state index in [1.165, 1.54) is 6.07 Å². The molecule has 2 aromatic rings. The number of carbonyl (C=O) groups excluding carboxylic acids is 4. The maximum absolute atomic E-state index is 12.3. The summed E-state index contributed by atoms with van der Waals surface area (Å²) in [6.07, 6.45) is -0.123. The normalized spacial score (nSPS) is 15.7. The summed E-state index contributed by atoms with van der Waals surface area (Å²) >= 11 is 5.97. The number of nitrogens with zero attached hydrogens (tertiary/aromatic N) is 1. The largest absolute Gasteiger partial charge is 0.455 e. The molecule has 2 N–H and O–H groups in total. The van der Waals surface area contributed by atoms with Gasteiger partial charge < -0.3 is 10.1 Å². The van der Waals surface area contributed by atoms with Crippen molar-refractivity contribution in [3.63, 3.8) is 0 Å². The van der Waals surface area contributed by atoms with Gasteiger partial charge in [0.1, 0.15) is 0 Å². The molecule has 9 heteroatoms. The van der Waals surface area contributed by atoms with Crippen LogP contribution in [0.25, 0.3) is 0 Å². The number of hydrazine groups is 1. The molecule has 0 spiro atoms. The quantitative estimate of drug-likeness (QED) is 0.702. The van der Waals surface area contributed by atoms with Crippen LogP contribution in [0.2, 0.25) is 5.02 Å². The Morgan fingerprint density at radius 2 is 1.76 bits per heavy atom. The first-order valence-corrected chi connectivity index (χ1v) is 9.19. The molecule has 29 heavy (non-hydrogen) atoms. The van der Waals surface area contributed by atoms with E-state index in [2.05, 4.69) is 10.7 Å². The van der Waals surface area contributed by atoms with E-state index in [0.29, 0.717) is 5.69 Å². The average Bonchev–Trinajstić information content (AvgIpc) is 3.07. The predicted molar refractivity (Wildman–Crippen MR) is 105 cm³/mol. The van der Waals surface area contributed by atoms with E-state index >= 15 is 0 Å². The molecular formula is C20H18ClN3O5. The van der Waals surface area contributed by atoms with Gasteiger partial charge in [-0.1, -0.05) is 41.9 Å². The molecule has 3 amide bonds. The Balaban J connectivity index is 1.49. The first-order valence-electron chi connectivity index (χ1n) is 8.81. The Morgan fingerprint density at radius 3 is 2.48 bits per heavy atom. The highest BCUT2D eigenvalue weighted by Gasteiger charge is 2.36. The SMILES string of the molecule is O=C(COC(=O)[C@H]1CC(=O)N(NC(=O)c2ccccc2Cl)C1)Nc1ccccc1. The van der Waals surface area contributed by atoms with Crippen molar-refractivity contribution in [3.8, 4) is 0 Å². The summed E-state index contributed by atoms with van der Waals surface area (Å²) in [6.45, 7) is -0.515. The lowest BCUT2D eigenvalue weighted by molar-refractivity contribution is -0.151. The average molecular weight is 416 g/mol. The second-order valence-corrected chi connectivity index (χ2v) is 6.76. The van der Waals surface area contributed by atoms with Gasteiger partial charge in [-0.05, 0) is 24.3 Å². The van der Waals surface area contributed by atoms with Crippen LogP contribution in [0.5, 0.6) is 0 Å². The van der Waals surface area contributed by atoms with Gasteiger partial charge in [0.05, 0.1) is 23.0 Å². The van der Waals surface area contributed by atoms with Gasteiger partial charge in [-0.2, -0.15) is 0 Å². The second kappa shape index (κ2) is 9.20. The van der Waals surface area contributed by atoms with Crippen LogP contribution in [0, 0.1) is 5.92 Å². The van der Waals surface area contributed by atoms with Crippen molar-refractivity contribution >= 4 is 41.0 Å². The molecule has 1 aliphatic heterocycles. The number of rotatable bonds is 6. The number of halogens is 1. The fourth-order valence-corrected chi connectivity index (χ4v) is 3.00. The zero-order valence-electron chi connectivity index (χ0n) is 15.3. The van der Waals surface area contributed by atoms with E-state index < -0.39 is 36.2 Å². The third-order valence-electron chi connectivity index (χ3n) is 4.22. The number of benzene rings is 2. The van der Waals surface area contributed by atoms with E-state index in [1.807, 2.05) is 6.07 Å². The van der Waals surface area contributed by atoms with Gasteiger partial charge in [0.2, 0.25) is 5.91 Å². The van der Waals surface area contributed by atoms with Gasteiger partial charge in [0.15, 0.2) is 6.61 Å². The third-order valence-corrected chi connectivity index (χ3v) is 4.55. The fraction of sp³-hybridized carbons (Fsp3) is 0.200. The first-order chi connectivity index (χ1) is 13.9. The number of carbonyl (C=O) groups is 4. The molecule has 1 fully saturated rings. The van der Waals surface area contributed by atoms with Crippen molar-refractivity contribution in [1.29, 1.82) is 0 Å². The van der Waals surface area contributed by atoms with Crippen LogP contribution < -0.4 is 10.7 Å². The van der Waals surface area contributed by atoms with Gasteiger partial charge in [0, 0.05) is 12.1 Å². The van der Waals surface area contributed by atoms with Crippen LogP contribution >= 0.6 is 11.6 Å². The summed E-state index contributed by atoms with van der Waals surface area (Å²) in [6, 6.07) is 15.1. The predicted octanol–water partition coefficient (Wildman–Crippen LogP) is 2.02. The van der Waals surface area contributed by atoms with Crippen molar-refractivity contribution in [2.75, 3.05) is 18.5 Å². The molecule has 150 valence electrons. The number of hydrogen-bond donors (Lipinski definition) is 2. The van der Waals surface area contributed by atoms with Gasteiger partial charge in [-0.3, -0.25) is 29.6 Å². The summed E-state index contributed by atoms with van der Waals surface area (Å²) < 4.78 is 5.00. The standard InChI is InChI=1S/C20H18ClN3O5/c21-16-9-5-4-8-15(16)19(27)23-24-11-13(10-18(24)26)20(28)29-12-17(25)22-14-6-2-1-3-7-14/h1-9,13H,10-12H2,(H,22,25)(H,23,27)/t13-/m0/s1. The highest BCUT2D eigenvalue weighted by molar-refractivity contribution is 6.33. The topological polar surface area (TPSA) is 105 Å². The summed E-state index contributed by atoms with van der Waals surface area (Å²) in [7, 11) is 0. The smallest absolute Gasteiger partial charge is 0.311 e. The second-order valence-electron chi connectivity index (χ2n) is 6.35. The number of para-hydroxylation sites is 1. The van der Waals surface area contributed by atoms with E-state index in [9.17, 15) is 19.2 Å². The number of nitrogens with one attached hydrogen (secondary N) is 2. The van der Waals surface area contributed by atoms with Gasteiger partial charge in [-0.15, -0.1) is 0 Å². The van der Waals surface area contributed by atoms with Gasteiger partial charge >= 0.3 is 5.97 Å². The van der Waals surface area contributed by atoms with Crippen LogP contribution in [0.1, 0.15) is 16.8 Å². The van der Waals surface area contributed by atoms with Crippen molar-refractivity contribution in [2.45, 2.75) is 6.42 Å². The summed E-state index contributed by atoms with van der Waals surface area (Å²) in [5, 5.41) is 3.90. The summed E-state index contributed by atoms with van der Waals surface area (Å²) in [5.41, 5.74) is 3.24. The van der Waals surface area contributed by atoms with Crippen LogP contribution in [0.4, 0.5) is 5.69 Å². The monoisotopic (exact) mass is 415 g/mol. The van der Waals surface area contributed by atoms with Crippen LogP contribution in [-0.4, -0.2) is 41.9 Å². The molecule has 1 saturated heterocycles. The molecule has 0 saturated carbocycles. The molecule has 0 aromatic heterocycles. The third kappa shape index (κ3) is 5.32. The maximum Gasteiger partial charge on any atom is 0.311 e. The van der Waals surface area contributed by atoms with E-state index in [0.717, 1.165) is 5.01 Å². The van der Waals surface area contributed by atoms with Crippen LogP contribution in [0.3, 0.4) is 0 Å². The molecule has 3 rings (SSSR count). The maximum atomic E-state index is 12.3. The molecule has 2 aromatic carbocycles. The van der Waals surface area contributed by atoms with E-state index in [4.69, 9.17) is 16.3 Å². The number of anilines is 1. The first kappa shape index (κ1) is 20.3. The molecule has 1 atom stereocenters. The zero-order chi connectivity index (χ0) is 20.8. The van der Waals surface area contributed by atoms with Crippen molar-refractivity contribution in [1.82, 2.24) is 10.4 Å². The van der Waals surface area contributed by atoms with Crippen LogP contribution in [-0.2, 0) is 19.1 Å². The highest BCUT2D eigenvalue weighted by atomic mass is 35.5. The van der Waals surface area contributed by atoms with Crippen molar-refractivity contribution in [3.05, 3.63) is 65.2 Å². The van der Waals surface area contributed by atoms with Crippen molar-refractivity contribution in [2.24, 2.45) is 5.92 Å². The zero-order valence-corrected chi connectivity index (χ0v) is 16.0. The fourth-order valence-electron chi connectivity index (χ4n) is 2.77. The van der Waals surface area contributed by atoms with Crippen LogP contribution in [0.15, 0.2) is 54.6 Å². The molecule has 0 unspecified atom stereocenters. The van der Waals surface area contributed by atoms with Crippen molar-refractivity contribution < 1.29 is 23.9 Å². The van der Waals surface area contributed by atoms with E-state index in [-0.39, 0.29) is 23.6 Å². The molecule has 0 radical (unpaired) electrons. The van der Waals surface area contributed by atoms with Gasteiger partial charge in [0.25, 0.3) is 11.8 Å². The molecule has 8 nitrogen and oxygen atoms in total. The molecule has 1 aliphatic rings. The highest BCUT2D eigenvalue weighted by Crippen LogP contribution is 2.19. The minimum Gasteiger partial charge on any atom is -0.455 e. The lowest BCUT2D eigenvalue weighted by Gasteiger charge is -2.18. The number of amides is 3. The minimum absolute atomic E-state index is 0.0475.